The van der Waals surface area contributed by atoms with E-state index in [1.165, 1.54) is 13.2 Å². The Bertz CT molecular complexity index is 920. The number of allylic oxidation sites excluding steroid dienone is 1. The van der Waals surface area contributed by atoms with E-state index in [9.17, 15) is 9.59 Å². The Balaban J connectivity index is 1.86. The largest absolute Gasteiger partial charge is 0.479 e. The molecule has 1 atom stereocenters. The quantitative estimate of drug-likeness (QED) is 0.564. The minimum atomic E-state index is -0.782. The topological polar surface area (TPSA) is 61.8 Å². The van der Waals surface area contributed by atoms with E-state index < -0.39 is 12.1 Å². The molecule has 0 saturated heterocycles. The highest BCUT2D eigenvalue weighted by atomic mass is 35.5. The second-order valence-electron chi connectivity index (χ2n) is 5.52. The monoisotopic (exact) mass is 392 g/mol. The summed E-state index contributed by atoms with van der Waals surface area (Å²) in [5.74, 6) is 0.0788. The molecular formula is C19H14Cl2O5. The lowest BCUT2D eigenvalue weighted by atomic mass is 10.1. The highest BCUT2D eigenvalue weighted by molar-refractivity contribution is 6.43. The van der Waals surface area contributed by atoms with Gasteiger partial charge in [-0.05, 0) is 36.8 Å². The lowest BCUT2D eigenvalue weighted by Gasteiger charge is -2.12. The van der Waals surface area contributed by atoms with Crippen molar-refractivity contribution in [3.63, 3.8) is 0 Å². The summed E-state index contributed by atoms with van der Waals surface area (Å²) in [6.07, 6.45) is 0.754. The number of methoxy groups -OCH3 is 1. The summed E-state index contributed by atoms with van der Waals surface area (Å²) in [5.41, 5.74) is 0.971. The van der Waals surface area contributed by atoms with Gasteiger partial charge in [-0.3, -0.25) is 4.79 Å². The molecule has 2 aromatic rings. The van der Waals surface area contributed by atoms with E-state index in [0.717, 1.165) is 0 Å². The Hall–Kier alpha value is -2.50. The molecule has 0 spiro atoms. The van der Waals surface area contributed by atoms with Gasteiger partial charge >= 0.3 is 5.97 Å². The van der Waals surface area contributed by atoms with Crippen molar-refractivity contribution in [2.75, 3.05) is 7.11 Å². The summed E-state index contributed by atoms with van der Waals surface area (Å²) in [6.45, 7) is 1.57. The number of fused-ring (bicyclic) bond motifs is 1. The van der Waals surface area contributed by atoms with Crippen LogP contribution in [-0.4, -0.2) is 25.0 Å². The van der Waals surface area contributed by atoms with Gasteiger partial charge in [0.2, 0.25) is 5.78 Å². The zero-order chi connectivity index (χ0) is 18.8. The molecule has 2 aromatic carbocycles. The summed E-state index contributed by atoms with van der Waals surface area (Å²) in [5, 5.41) is 0.724. The second-order valence-corrected chi connectivity index (χ2v) is 6.31. The standard InChI is InChI=1S/C19H14Cl2O5/c1-10(19(23)24-2)25-12-6-7-13-15(9-12)26-16(18(13)22)8-11-4-3-5-14(20)17(11)21/h3-10H,1-2H3/b16-8-. The van der Waals surface area contributed by atoms with Gasteiger partial charge in [-0.15, -0.1) is 0 Å². The lowest BCUT2D eigenvalue weighted by Crippen LogP contribution is -2.24. The maximum Gasteiger partial charge on any atom is 0.346 e. The highest BCUT2D eigenvalue weighted by Gasteiger charge is 2.28. The van der Waals surface area contributed by atoms with Gasteiger partial charge < -0.3 is 14.2 Å². The van der Waals surface area contributed by atoms with Gasteiger partial charge in [0.05, 0.1) is 22.7 Å². The summed E-state index contributed by atoms with van der Waals surface area (Å²) in [6, 6.07) is 9.84. The molecule has 1 unspecified atom stereocenters. The SMILES string of the molecule is COC(=O)C(C)Oc1ccc2c(c1)O/C(=C\c1cccc(Cl)c1Cl)C2=O. The predicted molar refractivity (Wildman–Crippen MR) is 97.9 cm³/mol. The molecule has 0 radical (unpaired) electrons. The number of halogens is 2. The minimum Gasteiger partial charge on any atom is -0.479 e. The van der Waals surface area contributed by atoms with Crippen molar-refractivity contribution in [3.8, 4) is 11.5 Å². The van der Waals surface area contributed by atoms with Crippen molar-refractivity contribution < 1.29 is 23.8 Å². The van der Waals surface area contributed by atoms with Gasteiger partial charge in [0, 0.05) is 6.07 Å². The molecule has 0 aliphatic carbocycles. The van der Waals surface area contributed by atoms with Crippen molar-refractivity contribution in [1.82, 2.24) is 0 Å². The van der Waals surface area contributed by atoms with Gasteiger partial charge in [-0.2, -0.15) is 0 Å². The van der Waals surface area contributed by atoms with E-state index in [-0.39, 0.29) is 11.5 Å². The van der Waals surface area contributed by atoms with Crippen LogP contribution in [0.15, 0.2) is 42.2 Å². The highest BCUT2D eigenvalue weighted by Crippen LogP contribution is 2.36. The Kier molecular flexibility index (Phi) is 5.20. The van der Waals surface area contributed by atoms with Crippen LogP contribution >= 0.6 is 23.2 Å². The molecule has 0 fully saturated rings. The van der Waals surface area contributed by atoms with Crippen LogP contribution in [0.2, 0.25) is 10.0 Å². The summed E-state index contributed by atoms with van der Waals surface area (Å²) < 4.78 is 15.7. The summed E-state index contributed by atoms with van der Waals surface area (Å²) in [4.78, 5) is 24.0. The molecule has 7 heteroatoms. The first-order valence-corrected chi connectivity index (χ1v) is 8.43. The number of esters is 1. The Morgan fingerprint density at radius 1 is 1.23 bits per heavy atom. The third kappa shape index (κ3) is 3.54. The first-order chi connectivity index (χ1) is 12.4. The zero-order valence-corrected chi connectivity index (χ0v) is 15.4. The number of benzene rings is 2. The molecule has 26 heavy (non-hydrogen) atoms. The van der Waals surface area contributed by atoms with E-state index in [4.69, 9.17) is 32.7 Å². The summed E-state index contributed by atoms with van der Waals surface area (Å²) >= 11 is 12.1. The Morgan fingerprint density at radius 3 is 2.73 bits per heavy atom. The number of ketones is 1. The van der Waals surface area contributed by atoms with Crippen LogP contribution in [-0.2, 0) is 9.53 Å². The zero-order valence-electron chi connectivity index (χ0n) is 13.9. The van der Waals surface area contributed by atoms with Crippen molar-refractivity contribution >= 4 is 41.0 Å². The number of rotatable bonds is 4. The molecule has 0 bridgehead atoms. The molecule has 0 N–H and O–H groups in total. The van der Waals surface area contributed by atoms with Crippen LogP contribution in [0.1, 0.15) is 22.8 Å². The van der Waals surface area contributed by atoms with Crippen LogP contribution in [0.5, 0.6) is 11.5 Å². The molecule has 0 amide bonds. The summed E-state index contributed by atoms with van der Waals surface area (Å²) in [7, 11) is 1.28. The number of ether oxygens (including phenoxy) is 3. The van der Waals surface area contributed by atoms with E-state index in [0.29, 0.717) is 32.7 Å². The van der Waals surface area contributed by atoms with Crippen LogP contribution in [0.4, 0.5) is 0 Å². The average Bonchev–Trinajstić information content (AvgIpc) is 2.93. The maximum atomic E-state index is 12.5. The fourth-order valence-electron chi connectivity index (χ4n) is 2.43. The normalized spacial score (nSPS) is 15.4. The minimum absolute atomic E-state index is 0.127. The molecule has 1 heterocycles. The Labute approximate surface area is 160 Å². The lowest BCUT2D eigenvalue weighted by molar-refractivity contribution is -0.147. The molecule has 5 nitrogen and oxygen atoms in total. The molecule has 0 saturated carbocycles. The van der Waals surface area contributed by atoms with Crippen molar-refractivity contribution in [3.05, 3.63) is 63.3 Å². The van der Waals surface area contributed by atoms with Gasteiger partial charge in [-0.1, -0.05) is 35.3 Å². The third-order valence-corrected chi connectivity index (χ3v) is 4.59. The van der Waals surface area contributed by atoms with Crippen LogP contribution in [0.25, 0.3) is 6.08 Å². The smallest absolute Gasteiger partial charge is 0.346 e. The molecular weight excluding hydrogens is 379 g/mol. The maximum absolute atomic E-state index is 12.5. The van der Waals surface area contributed by atoms with Crippen LogP contribution in [0, 0.1) is 0 Å². The van der Waals surface area contributed by atoms with Crippen molar-refractivity contribution in [1.29, 1.82) is 0 Å². The first kappa shape index (κ1) is 18.3. The van der Waals surface area contributed by atoms with E-state index in [1.807, 2.05) is 0 Å². The van der Waals surface area contributed by atoms with Gasteiger partial charge in [0.15, 0.2) is 11.9 Å². The third-order valence-electron chi connectivity index (χ3n) is 3.76. The fourth-order valence-corrected chi connectivity index (χ4v) is 2.79. The average molecular weight is 393 g/mol. The van der Waals surface area contributed by atoms with Crippen LogP contribution < -0.4 is 9.47 Å². The number of hydrogen-bond donors (Lipinski definition) is 0. The molecule has 0 aromatic heterocycles. The Morgan fingerprint density at radius 2 is 2.00 bits per heavy atom. The van der Waals surface area contributed by atoms with Gasteiger partial charge in [-0.25, -0.2) is 4.79 Å². The second kappa shape index (κ2) is 7.40. The van der Waals surface area contributed by atoms with E-state index in [1.54, 1.807) is 43.3 Å². The van der Waals surface area contributed by atoms with Crippen LogP contribution in [0.3, 0.4) is 0 Å². The molecule has 3 rings (SSSR count). The first-order valence-electron chi connectivity index (χ1n) is 7.67. The predicted octanol–water partition coefficient (Wildman–Crippen LogP) is 4.55. The molecule has 1 aliphatic rings. The van der Waals surface area contributed by atoms with Gasteiger partial charge in [0.1, 0.15) is 11.5 Å². The number of Topliss-reactive ketones (excluding diaryl/α,β-unsaturated/α-hetero) is 1. The fraction of sp³-hybridized carbons (Fsp3) is 0.158. The number of hydrogen-bond acceptors (Lipinski definition) is 5. The number of carbonyl (C=O) groups excluding carboxylic acids is 2. The van der Waals surface area contributed by atoms with E-state index >= 15 is 0 Å². The van der Waals surface area contributed by atoms with Crippen molar-refractivity contribution in [2.45, 2.75) is 13.0 Å². The van der Waals surface area contributed by atoms with Gasteiger partial charge in [0.25, 0.3) is 0 Å². The molecule has 134 valence electrons. The van der Waals surface area contributed by atoms with Crippen molar-refractivity contribution in [2.24, 2.45) is 0 Å². The van der Waals surface area contributed by atoms with E-state index in [2.05, 4.69) is 4.74 Å². The molecule has 1 aliphatic heterocycles. The number of carbonyl (C=O) groups is 2.